The van der Waals surface area contributed by atoms with Crippen molar-refractivity contribution in [3.63, 3.8) is 0 Å². The van der Waals surface area contributed by atoms with Crippen LogP contribution in [0.3, 0.4) is 0 Å². The fourth-order valence-corrected chi connectivity index (χ4v) is 4.94. The molecule has 6 heteroatoms. The zero-order valence-electron chi connectivity index (χ0n) is 16.0. The highest BCUT2D eigenvalue weighted by molar-refractivity contribution is 6.21. The number of nitrogens with zero attached hydrogens (tertiary/aromatic N) is 2. The fourth-order valence-electron chi connectivity index (χ4n) is 4.94. The Labute approximate surface area is 159 Å². The molecule has 27 heavy (non-hydrogen) atoms. The van der Waals surface area contributed by atoms with E-state index in [2.05, 4.69) is 31.3 Å². The van der Waals surface area contributed by atoms with Crippen molar-refractivity contribution >= 4 is 23.4 Å². The fraction of sp³-hybridized carbons (Fsp3) is 0.524. The molecule has 0 aromatic heterocycles. The van der Waals surface area contributed by atoms with Crippen LogP contribution in [-0.4, -0.2) is 34.9 Å². The van der Waals surface area contributed by atoms with E-state index in [1.165, 1.54) is 6.42 Å². The van der Waals surface area contributed by atoms with Crippen LogP contribution in [0.5, 0.6) is 0 Å². The van der Waals surface area contributed by atoms with Gasteiger partial charge < -0.3 is 0 Å². The number of carbonyl (C=O) groups excluding carboxylic acids is 3. The van der Waals surface area contributed by atoms with E-state index in [-0.39, 0.29) is 41.5 Å². The summed E-state index contributed by atoms with van der Waals surface area (Å²) >= 11 is 0. The van der Waals surface area contributed by atoms with Gasteiger partial charge in [0, 0.05) is 24.1 Å². The molecule has 142 valence electrons. The van der Waals surface area contributed by atoms with Crippen molar-refractivity contribution in [3.05, 3.63) is 35.4 Å². The average molecular weight is 367 g/mol. The molecule has 0 radical (unpaired) electrons. The highest BCUT2D eigenvalue weighted by atomic mass is 16.2. The van der Waals surface area contributed by atoms with E-state index in [0.29, 0.717) is 17.0 Å². The van der Waals surface area contributed by atoms with E-state index in [1.54, 1.807) is 24.3 Å². The number of amides is 3. The molecular formula is C21H25N3O3. The minimum atomic E-state index is -0.336. The topological polar surface area (TPSA) is 78.8 Å². The molecule has 2 saturated carbocycles. The number of benzene rings is 1. The summed E-state index contributed by atoms with van der Waals surface area (Å²) in [5, 5.41) is 4.42. The predicted octanol–water partition coefficient (Wildman–Crippen LogP) is 2.99. The Morgan fingerprint density at radius 1 is 1.19 bits per heavy atom. The van der Waals surface area contributed by atoms with E-state index in [4.69, 9.17) is 0 Å². The second-order valence-corrected chi connectivity index (χ2v) is 8.64. The van der Waals surface area contributed by atoms with Crippen LogP contribution in [-0.2, 0) is 4.79 Å². The van der Waals surface area contributed by atoms with Gasteiger partial charge in [-0.3, -0.25) is 19.3 Å². The van der Waals surface area contributed by atoms with Crippen LogP contribution in [0, 0.1) is 16.7 Å². The largest absolute Gasteiger partial charge is 0.274 e. The Morgan fingerprint density at radius 3 is 2.33 bits per heavy atom. The standard InChI is InChI=1S/C21H25N3O3/c1-20(2)13-8-10-21(20,3)16(12-13)22-23-17(25)9-11-24-18(26)14-6-4-5-7-15(14)19(24)27/h4-7,13H,8-12H2,1-3H3,(H,23,25)/b22-16+/t13-,21+/m1/s1. The number of rotatable bonds is 4. The lowest BCUT2D eigenvalue weighted by Gasteiger charge is -2.34. The van der Waals surface area contributed by atoms with Crippen molar-refractivity contribution in [1.82, 2.24) is 10.3 Å². The van der Waals surface area contributed by atoms with Crippen LogP contribution in [0.4, 0.5) is 0 Å². The predicted molar refractivity (Wildman–Crippen MR) is 101 cm³/mol. The number of hydrogen-bond donors (Lipinski definition) is 1. The summed E-state index contributed by atoms with van der Waals surface area (Å²) in [5.74, 6) is -0.325. The summed E-state index contributed by atoms with van der Waals surface area (Å²) in [7, 11) is 0. The van der Waals surface area contributed by atoms with Gasteiger partial charge in [-0.15, -0.1) is 0 Å². The van der Waals surface area contributed by atoms with E-state index < -0.39 is 0 Å². The third-order valence-electron chi connectivity index (χ3n) is 7.27. The highest BCUT2D eigenvalue weighted by Crippen LogP contribution is 2.63. The third kappa shape index (κ3) is 2.53. The van der Waals surface area contributed by atoms with Gasteiger partial charge in [0.1, 0.15) is 0 Å². The van der Waals surface area contributed by atoms with Gasteiger partial charge in [-0.25, -0.2) is 5.43 Å². The van der Waals surface area contributed by atoms with E-state index in [9.17, 15) is 14.4 Å². The summed E-state index contributed by atoms with van der Waals surface area (Å²) in [5.41, 5.74) is 4.76. The lowest BCUT2D eigenvalue weighted by Crippen LogP contribution is -2.35. The van der Waals surface area contributed by atoms with Crippen molar-refractivity contribution in [2.45, 2.75) is 46.5 Å². The summed E-state index contributed by atoms with van der Waals surface area (Å²) < 4.78 is 0. The SMILES string of the molecule is CC1(C)[C@@H]2CC[C@@]1(C)/C(=N/NC(=O)CCN1C(=O)c3ccccc3C1=O)C2. The Balaban J connectivity index is 1.37. The summed E-state index contributed by atoms with van der Waals surface area (Å²) in [6.07, 6.45) is 3.30. The first kappa shape index (κ1) is 17.9. The molecule has 2 bridgehead atoms. The number of nitrogens with one attached hydrogen (secondary N) is 1. The molecule has 2 atom stereocenters. The zero-order chi connectivity index (χ0) is 19.4. The van der Waals surface area contributed by atoms with Gasteiger partial charge in [0.2, 0.25) is 5.91 Å². The van der Waals surface area contributed by atoms with E-state index >= 15 is 0 Å². The van der Waals surface area contributed by atoms with Gasteiger partial charge in [-0.05, 0) is 42.7 Å². The van der Waals surface area contributed by atoms with Crippen LogP contribution < -0.4 is 5.43 Å². The van der Waals surface area contributed by atoms with Crippen LogP contribution in [0.1, 0.15) is 67.2 Å². The molecule has 0 spiro atoms. The Hall–Kier alpha value is -2.50. The first-order valence-electron chi connectivity index (χ1n) is 9.57. The van der Waals surface area contributed by atoms with Crippen molar-refractivity contribution in [2.24, 2.45) is 21.8 Å². The molecule has 2 aliphatic carbocycles. The van der Waals surface area contributed by atoms with Crippen LogP contribution in [0.25, 0.3) is 0 Å². The monoisotopic (exact) mass is 367 g/mol. The molecule has 1 aromatic rings. The second kappa shape index (κ2) is 6.01. The van der Waals surface area contributed by atoms with Crippen LogP contribution >= 0.6 is 0 Å². The Morgan fingerprint density at radius 2 is 1.81 bits per heavy atom. The first-order chi connectivity index (χ1) is 12.8. The Kier molecular flexibility index (Phi) is 3.98. The van der Waals surface area contributed by atoms with Crippen molar-refractivity contribution in [1.29, 1.82) is 0 Å². The maximum Gasteiger partial charge on any atom is 0.261 e. The quantitative estimate of drug-likeness (QED) is 0.656. The first-order valence-corrected chi connectivity index (χ1v) is 9.57. The molecular weight excluding hydrogens is 342 g/mol. The van der Waals surface area contributed by atoms with Crippen molar-refractivity contribution in [2.75, 3.05) is 6.54 Å². The van der Waals surface area contributed by atoms with Crippen molar-refractivity contribution in [3.8, 4) is 0 Å². The molecule has 3 aliphatic rings. The molecule has 1 aromatic carbocycles. The molecule has 0 unspecified atom stereocenters. The van der Waals surface area contributed by atoms with Gasteiger partial charge in [-0.1, -0.05) is 32.9 Å². The normalized spacial score (nSPS) is 29.5. The minimum Gasteiger partial charge on any atom is -0.274 e. The Bertz CT molecular complexity index is 838. The maximum atomic E-state index is 12.3. The third-order valence-corrected chi connectivity index (χ3v) is 7.27. The van der Waals surface area contributed by atoms with Crippen LogP contribution in [0.2, 0.25) is 0 Å². The second-order valence-electron chi connectivity index (χ2n) is 8.64. The number of hydrazone groups is 1. The maximum absolute atomic E-state index is 12.3. The number of hydrogen-bond acceptors (Lipinski definition) is 4. The van der Waals surface area contributed by atoms with Crippen molar-refractivity contribution < 1.29 is 14.4 Å². The number of carbonyl (C=O) groups is 3. The smallest absolute Gasteiger partial charge is 0.261 e. The molecule has 1 aliphatic heterocycles. The summed E-state index contributed by atoms with van der Waals surface area (Å²) in [4.78, 5) is 38.1. The summed E-state index contributed by atoms with van der Waals surface area (Å²) in [6.45, 7) is 6.88. The highest BCUT2D eigenvalue weighted by Gasteiger charge is 2.60. The van der Waals surface area contributed by atoms with Crippen LogP contribution in [0.15, 0.2) is 29.4 Å². The summed E-state index contributed by atoms with van der Waals surface area (Å²) in [6, 6.07) is 6.74. The van der Waals surface area contributed by atoms with Gasteiger partial charge in [0.05, 0.1) is 11.1 Å². The number of fused-ring (bicyclic) bond motifs is 3. The van der Waals surface area contributed by atoms with Gasteiger partial charge in [-0.2, -0.15) is 5.10 Å². The zero-order valence-corrected chi connectivity index (χ0v) is 16.0. The molecule has 1 N–H and O–H groups in total. The number of imide groups is 1. The van der Waals surface area contributed by atoms with E-state index in [1.807, 2.05) is 0 Å². The molecule has 2 fully saturated rings. The average Bonchev–Trinajstić information content (AvgIpc) is 3.10. The molecule has 4 rings (SSSR count). The lowest BCUT2D eigenvalue weighted by molar-refractivity contribution is -0.121. The van der Waals surface area contributed by atoms with E-state index in [0.717, 1.165) is 23.5 Å². The lowest BCUT2D eigenvalue weighted by atomic mass is 9.70. The molecule has 6 nitrogen and oxygen atoms in total. The minimum absolute atomic E-state index is 0.0352. The molecule has 0 saturated heterocycles. The van der Waals surface area contributed by atoms with Gasteiger partial charge in [0.15, 0.2) is 0 Å². The van der Waals surface area contributed by atoms with Gasteiger partial charge in [0.25, 0.3) is 11.8 Å². The molecule has 1 heterocycles. The van der Waals surface area contributed by atoms with Gasteiger partial charge >= 0.3 is 0 Å². The molecule has 3 amide bonds.